The molecule has 2 aromatic carbocycles. The van der Waals surface area contributed by atoms with Crippen LogP contribution in [-0.4, -0.2) is 7.11 Å². The first-order chi connectivity index (χ1) is 9.28. The van der Waals surface area contributed by atoms with Crippen LogP contribution < -0.4 is 4.74 Å². The lowest BCUT2D eigenvalue weighted by Crippen LogP contribution is -1.84. The first-order valence-electron chi connectivity index (χ1n) is 5.94. The van der Waals surface area contributed by atoms with Crippen LogP contribution in [0.15, 0.2) is 59.0 Å². The molecule has 1 heterocycles. The zero-order chi connectivity index (χ0) is 13.2. The maximum atomic E-state index is 6.18. The molecular formula is C16H12ClO2+. The van der Waals surface area contributed by atoms with Crippen LogP contribution in [0.5, 0.6) is 5.75 Å². The van der Waals surface area contributed by atoms with Crippen LogP contribution >= 0.6 is 11.6 Å². The Kier molecular flexibility index (Phi) is 3.10. The number of fused-ring (bicyclic) bond motifs is 1. The lowest BCUT2D eigenvalue weighted by Gasteiger charge is -1.98. The minimum absolute atomic E-state index is 0.680. The smallest absolute Gasteiger partial charge is 0.362 e. The highest BCUT2D eigenvalue weighted by molar-refractivity contribution is 6.33. The molecule has 0 fully saturated rings. The lowest BCUT2D eigenvalue weighted by atomic mass is 10.1. The average molecular weight is 272 g/mol. The Morgan fingerprint density at radius 3 is 2.63 bits per heavy atom. The molecular weight excluding hydrogens is 260 g/mol. The fourth-order valence-corrected chi connectivity index (χ4v) is 2.23. The summed E-state index contributed by atoms with van der Waals surface area (Å²) in [5.74, 6) is 1.57. The second-order valence-electron chi connectivity index (χ2n) is 4.18. The quantitative estimate of drug-likeness (QED) is 0.609. The summed E-state index contributed by atoms with van der Waals surface area (Å²) in [6.07, 6.45) is 0. The predicted octanol–water partition coefficient (Wildman–Crippen LogP) is 5.04. The van der Waals surface area contributed by atoms with Crippen molar-refractivity contribution in [1.29, 1.82) is 0 Å². The topological polar surface area (TPSA) is 20.5 Å². The fourth-order valence-electron chi connectivity index (χ4n) is 2.00. The normalized spacial score (nSPS) is 10.6. The molecule has 19 heavy (non-hydrogen) atoms. The van der Waals surface area contributed by atoms with E-state index >= 15 is 0 Å². The number of hydrogen-bond donors (Lipinski definition) is 0. The van der Waals surface area contributed by atoms with E-state index in [-0.39, 0.29) is 0 Å². The van der Waals surface area contributed by atoms with Gasteiger partial charge in [0.25, 0.3) is 0 Å². The standard InChI is InChI=1S/C16H12ClO2/c1-18-12-7-9-15-11(10-12)6-8-16(19-15)13-4-2-3-5-14(13)17/h2-10H,1H3/q+1. The van der Waals surface area contributed by atoms with E-state index in [4.69, 9.17) is 20.8 Å². The molecule has 0 saturated heterocycles. The Hall–Kier alpha value is -2.06. The summed E-state index contributed by atoms with van der Waals surface area (Å²) in [5, 5.41) is 1.68. The molecule has 0 atom stereocenters. The number of methoxy groups -OCH3 is 1. The molecule has 0 unspecified atom stereocenters. The molecule has 1 aromatic heterocycles. The molecule has 3 heteroatoms. The predicted molar refractivity (Wildman–Crippen MR) is 77.6 cm³/mol. The van der Waals surface area contributed by atoms with Gasteiger partial charge in [0.2, 0.25) is 0 Å². The van der Waals surface area contributed by atoms with E-state index in [2.05, 4.69) is 0 Å². The van der Waals surface area contributed by atoms with Crippen LogP contribution in [0.2, 0.25) is 5.02 Å². The lowest BCUT2D eigenvalue weighted by molar-refractivity contribution is 0.415. The van der Waals surface area contributed by atoms with Gasteiger partial charge in [-0.3, -0.25) is 0 Å². The molecule has 94 valence electrons. The summed E-state index contributed by atoms with van der Waals surface area (Å²) in [4.78, 5) is 0. The van der Waals surface area contributed by atoms with Crippen molar-refractivity contribution in [2.24, 2.45) is 0 Å². The summed E-state index contributed by atoms with van der Waals surface area (Å²) in [6, 6.07) is 17.3. The van der Waals surface area contributed by atoms with E-state index in [0.29, 0.717) is 5.02 Å². The maximum Gasteiger partial charge on any atom is 0.362 e. The van der Waals surface area contributed by atoms with Gasteiger partial charge < -0.3 is 4.74 Å². The molecule has 0 radical (unpaired) electrons. The van der Waals surface area contributed by atoms with Gasteiger partial charge in [-0.05, 0) is 30.3 Å². The van der Waals surface area contributed by atoms with Crippen molar-refractivity contribution in [3.63, 3.8) is 0 Å². The number of benzene rings is 2. The van der Waals surface area contributed by atoms with Gasteiger partial charge in [-0.1, -0.05) is 23.7 Å². The maximum absolute atomic E-state index is 6.18. The monoisotopic (exact) mass is 271 g/mol. The van der Waals surface area contributed by atoms with E-state index in [1.165, 1.54) is 0 Å². The van der Waals surface area contributed by atoms with Gasteiger partial charge in [0, 0.05) is 12.1 Å². The molecule has 0 saturated carbocycles. The molecule has 0 aliphatic rings. The molecule has 0 bridgehead atoms. The first-order valence-corrected chi connectivity index (χ1v) is 6.31. The van der Waals surface area contributed by atoms with Gasteiger partial charge in [0.15, 0.2) is 0 Å². The van der Waals surface area contributed by atoms with Gasteiger partial charge >= 0.3 is 11.3 Å². The Morgan fingerprint density at radius 1 is 1.00 bits per heavy atom. The number of hydrogen-bond acceptors (Lipinski definition) is 1. The van der Waals surface area contributed by atoms with Crippen LogP contribution in [0.4, 0.5) is 0 Å². The summed E-state index contributed by atoms with van der Waals surface area (Å²) in [7, 11) is 1.65. The van der Waals surface area contributed by atoms with Crippen molar-refractivity contribution in [3.05, 3.63) is 59.6 Å². The van der Waals surface area contributed by atoms with E-state index < -0.39 is 0 Å². The van der Waals surface area contributed by atoms with Gasteiger partial charge in [-0.25, -0.2) is 4.42 Å². The highest BCUT2D eigenvalue weighted by atomic mass is 35.5. The number of rotatable bonds is 2. The Bertz CT molecular complexity index is 738. The molecule has 3 rings (SSSR count). The van der Waals surface area contributed by atoms with E-state index in [1.54, 1.807) is 7.11 Å². The third-order valence-electron chi connectivity index (χ3n) is 2.99. The van der Waals surface area contributed by atoms with Crippen molar-refractivity contribution in [2.45, 2.75) is 0 Å². The molecule has 0 spiro atoms. The number of ether oxygens (including phenoxy) is 1. The van der Waals surface area contributed by atoms with Gasteiger partial charge in [-0.15, -0.1) is 0 Å². The summed E-state index contributed by atoms with van der Waals surface area (Å²) in [6.45, 7) is 0. The molecule has 2 nitrogen and oxygen atoms in total. The molecule has 0 amide bonds. The summed E-state index contributed by atoms with van der Waals surface area (Å²) in [5.41, 5.74) is 1.69. The van der Waals surface area contributed by atoms with Crippen LogP contribution in [0, 0.1) is 0 Å². The van der Waals surface area contributed by atoms with Crippen LogP contribution in [-0.2, 0) is 0 Å². The molecule has 0 aliphatic carbocycles. The van der Waals surface area contributed by atoms with Crippen molar-refractivity contribution < 1.29 is 9.15 Å². The van der Waals surface area contributed by atoms with Crippen LogP contribution in [0.25, 0.3) is 22.3 Å². The average Bonchev–Trinajstić information content (AvgIpc) is 2.46. The molecule has 0 aliphatic heterocycles. The second kappa shape index (κ2) is 4.90. The highest BCUT2D eigenvalue weighted by Gasteiger charge is 2.17. The Morgan fingerprint density at radius 2 is 1.84 bits per heavy atom. The zero-order valence-corrected chi connectivity index (χ0v) is 11.1. The summed E-state index contributed by atoms with van der Waals surface area (Å²) >= 11 is 6.18. The van der Waals surface area contributed by atoms with E-state index in [0.717, 1.165) is 28.0 Å². The van der Waals surface area contributed by atoms with E-state index in [1.807, 2.05) is 54.6 Å². The highest BCUT2D eigenvalue weighted by Crippen LogP contribution is 2.31. The van der Waals surface area contributed by atoms with Crippen molar-refractivity contribution in [3.8, 4) is 17.1 Å². The van der Waals surface area contributed by atoms with Crippen LogP contribution in [0.3, 0.4) is 0 Å². The van der Waals surface area contributed by atoms with Gasteiger partial charge in [0.1, 0.15) is 5.75 Å². The largest absolute Gasteiger partial charge is 0.497 e. The van der Waals surface area contributed by atoms with Gasteiger partial charge in [0.05, 0.1) is 23.1 Å². The Balaban J connectivity index is 2.15. The first kappa shape index (κ1) is 12.0. The van der Waals surface area contributed by atoms with Crippen molar-refractivity contribution in [2.75, 3.05) is 7.11 Å². The fraction of sp³-hybridized carbons (Fsp3) is 0.0625. The summed E-state index contributed by atoms with van der Waals surface area (Å²) < 4.78 is 11.1. The van der Waals surface area contributed by atoms with Crippen molar-refractivity contribution >= 4 is 22.6 Å². The third-order valence-corrected chi connectivity index (χ3v) is 3.32. The molecule has 0 N–H and O–H groups in total. The minimum atomic E-state index is 0.680. The SMILES string of the molecule is COc1ccc2[o+]c(-c3ccccc3Cl)ccc2c1. The van der Waals surface area contributed by atoms with Gasteiger partial charge in [-0.2, -0.15) is 0 Å². The second-order valence-corrected chi connectivity index (χ2v) is 4.59. The third kappa shape index (κ3) is 2.27. The Labute approximate surface area is 116 Å². The minimum Gasteiger partial charge on any atom is -0.497 e. The van der Waals surface area contributed by atoms with Crippen molar-refractivity contribution in [1.82, 2.24) is 0 Å². The van der Waals surface area contributed by atoms with E-state index in [9.17, 15) is 0 Å². The number of halogens is 1. The van der Waals surface area contributed by atoms with Crippen LogP contribution in [0.1, 0.15) is 0 Å². The zero-order valence-electron chi connectivity index (χ0n) is 10.4. The molecule has 3 aromatic rings.